The molecule has 0 aromatic rings. The van der Waals surface area contributed by atoms with E-state index >= 15 is 0 Å². The lowest BCUT2D eigenvalue weighted by Crippen LogP contribution is -2.29. The van der Waals surface area contributed by atoms with Gasteiger partial charge < -0.3 is 14.6 Å². The molecule has 0 saturated carbocycles. The van der Waals surface area contributed by atoms with Gasteiger partial charge in [0.2, 0.25) is 0 Å². The monoisotopic (exact) mass is 202 g/mol. The van der Waals surface area contributed by atoms with Gasteiger partial charge in [0.1, 0.15) is 0 Å². The molecule has 1 N–H and O–H groups in total. The molecule has 1 heterocycles. The molecule has 0 aromatic heterocycles. The SMILES string of the molecule is CC[C@@H](CC(=O)O)OC1CCCCO1. The summed E-state index contributed by atoms with van der Waals surface area (Å²) in [5.74, 6) is -0.812. The van der Waals surface area contributed by atoms with Crippen LogP contribution in [0.25, 0.3) is 0 Å². The van der Waals surface area contributed by atoms with Crippen molar-refractivity contribution in [2.24, 2.45) is 0 Å². The van der Waals surface area contributed by atoms with Crippen LogP contribution in [0.5, 0.6) is 0 Å². The van der Waals surface area contributed by atoms with Crippen LogP contribution in [0.1, 0.15) is 39.0 Å². The predicted molar refractivity (Wildman–Crippen MR) is 51.0 cm³/mol. The second-order valence-corrected chi connectivity index (χ2v) is 3.56. The van der Waals surface area contributed by atoms with E-state index in [9.17, 15) is 4.79 Å². The topological polar surface area (TPSA) is 55.8 Å². The van der Waals surface area contributed by atoms with Crippen molar-refractivity contribution in [3.05, 3.63) is 0 Å². The van der Waals surface area contributed by atoms with Crippen LogP contribution in [-0.4, -0.2) is 30.1 Å². The summed E-state index contributed by atoms with van der Waals surface area (Å²) in [5, 5.41) is 8.62. The number of carbonyl (C=O) groups is 1. The van der Waals surface area contributed by atoms with E-state index in [1.807, 2.05) is 6.92 Å². The fraction of sp³-hybridized carbons (Fsp3) is 0.900. The molecule has 1 fully saturated rings. The summed E-state index contributed by atoms with van der Waals surface area (Å²) >= 11 is 0. The number of rotatable bonds is 5. The van der Waals surface area contributed by atoms with E-state index in [0.29, 0.717) is 6.42 Å². The predicted octanol–water partition coefficient (Wildman–Crippen LogP) is 1.78. The van der Waals surface area contributed by atoms with Gasteiger partial charge in [0, 0.05) is 6.61 Å². The molecule has 0 spiro atoms. The summed E-state index contributed by atoms with van der Waals surface area (Å²) in [6.07, 6.45) is 3.45. The van der Waals surface area contributed by atoms with E-state index < -0.39 is 5.97 Å². The van der Waals surface area contributed by atoms with E-state index in [2.05, 4.69) is 0 Å². The van der Waals surface area contributed by atoms with Gasteiger partial charge in [-0.2, -0.15) is 0 Å². The zero-order chi connectivity index (χ0) is 10.4. The molecule has 0 aliphatic carbocycles. The van der Waals surface area contributed by atoms with E-state index in [-0.39, 0.29) is 18.8 Å². The first-order valence-corrected chi connectivity index (χ1v) is 5.21. The molecule has 1 rings (SSSR count). The maximum Gasteiger partial charge on any atom is 0.305 e. The number of hydrogen-bond acceptors (Lipinski definition) is 3. The zero-order valence-corrected chi connectivity index (χ0v) is 8.57. The highest BCUT2D eigenvalue weighted by Crippen LogP contribution is 2.17. The molecule has 1 aliphatic heterocycles. The molecular formula is C10H18O4. The van der Waals surface area contributed by atoms with Crippen molar-refractivity contribution in [1.82, 2.24) is 0 Å². The molecule has 14 heavy (non-hydrogen) atoms. The van der Waals surface area contributed by atoms with Crippen molar-refractivity contribution in [2.45, 2.75) is 51.4 Å². The number of carboxylic acids is 1. The molecule has 0 bridgehead atoms. The van der Waals surface area contributed by atoms with Crippen LogP contribution in [0.2, 0.25) is 0 Å². The van der Waals surface area contributed by atoms with E-state index in [1.54, 1.807) is 0 Å². The Kier molecular flexibility index (Phi) is 4.90. The van der Waals surface area contributed by atoms with Crippen molar-refractivity contribution in [2.75, 3.05) is 6.61 Å². The second-order valence-electron chi connectivity index (χ2n) is 3.56. The van der Waals surface area contributed by atoms with Gasteiger partial charge in [0.25, 0.3) is 0 Å². The van der Waals surface area contributed by atoms with Crippen LogP contribution in [0.4, 0.5) is 0 Å². The molecule has 1 unspecified atom stereocenters. The largest absolute Gasteiger partial charge is 0.481 e. The highest BCUT2D eigenvalue weighted by molar-refractivity contribution is 5.67. The second kappa shape index (κ2) is 5.98. The molecular weight excluding hydrogens is 184 g/mol. The van der Waals surface area contributed by atoms with Gasteiger partial charge in [-0.15, -0.1) is 0 Å². The quantitative estimate of drug-likeness (QED) is 0.738. The van der Waals surface area contributed by atoms with Crippen molar-refractivity contribution < 1.29 is 19.4 Å². The first kappa shape index (κ1) is 11.5. The lowest BCUT2D eigenvalue weighted by molar-refractivity contribution is -0.192. The van der Waals surface area contributed by atoms with Crippen molar-refractivity contribution >= 4 is 5.97 Å². The van der Waals surface area contributed by atoms with Crippen LogP contribution in [0, 0.1) is 0 Å². The van der Waals surface area contributed by atoms with E-state index in [1.165, 1.54) is 0 Å². The van der Waals surface area contributed by atoms with Crippen molar-refractivity contribution in [1.29, 1.82) is 0 Å². The van der Waals surface area contributed by atoms with Gasteiger partial charge in [0.15, 0.2) is 6.29 Å². The smallest absolute Gasteiger partial charge is 0.305 e. The molecule has 0 radical (unpaired) electrons. The molecule has 4 heteroatoms. The average molecular weight is 202 g/mol. The third-order valence-corrected chi connectivity index (χ3v) is 2.34. The molecule has 1 aliphatic rings. The minimum Gasteiger partial charge on any atom is -0.481 e. The first-order valence-electron chi connectivity index (χ1n) is 5.21. The van der Waals surface area contributed by atoms with Crippen LogP contribution in [-0.2, 0) is 14.3 Å². The summed E-state index contributed by atoms with van der Waals surface area (Å²) in [6.45, 7) is 2.66. The summed E-state index contributed by atoms with van der Waals surface area (Å²) in [6, 6.07) is 0. The molecule has 1 saturated heterocycles. The third kappa shape index (κ3) is 4.07. The maximum absolute atomic E-state index is 10.5. The van der Waals surface area contributed by atoms with Gasteiger partial charge in [-0.25, -0.2) is 0 Å². The Morgan fingerprint density at radius 3 is 2.93 bits per heavy atom. The summed E-state index contributed by atoms with van der Waals surface area (Å²) in [5.41, 5.74) is 0. The van der Waals surface area contributed by atoms with Gasteiger partial charge in [0.05, 0.1) is 12.5 Å². The fourth-order valence-electron chi connectivity index (χ4n) is 1.52. The lowest BCUT2D eigenvalue weighted by Gasteiger charge is -2.26. The Bertz CT molecular complexity index is 175. The van der Waals surface area contributed by atoms with Crippen LogP contribution >= 0.6 is 0 Å². The average Bonchev–Trinajstić information content (AvgIpc) is 2.17. The third-order valence-electron chi connectivity index (χ3n) is 2.34. The van der Waals surface area contributed by atoms with Crippen LogP contribution < -0.4 is 0 Å². The number of aliphatic carboxylic acids is 1. The van der Waals surface area contributed by atoms with Crippen molar-refractivity contribution in [3.63, 3.8) is 0 Å². The first-order chi connectivity index (χ1) is 6.72. The highest BCUT2D eigenvalue weighted by Gasteiger charge is 2.20. The van der Waals surface area contributed by atoms with Gasteiger partial charge in [-0.3, -0.25) is 4.79 Å². The molecule has 4 nitrogen and oxygen atoms in total. The molecule has 82 valence electrons. The normalized spacial score (nSPS) is 24.5. The van der Waals surface area contributed by atoms with Crippen LogP contribution in [0.3, 0.4) is 0 Å². The lowest BCUT2D eigenvalue weighted by atomic mass is 10.2. The Hall–Kier alpha value is -0.610. The summed E-state index contributed by atoms with van der Waals surface area (Å²) in [4.78, 5) is 10.5. The van der Waals surface area contributed by atoms with E-state index in [0.717, 1.165) is 25.9 Å². The van der Waals surface area contributed by atoms with Crippen LogP contribution in [0.15, 0.2) is 0 Å². The van der Waals surface area contributed by atoms with Gasteiger partial charge in [-0.05, 0) is 25.7 Å². The zero-order valence-electron chi connectivity index (χ0n) is 8.57. The maximum atomic E-state index is 10.5. The highest BCUT2D eigenvalue weighted by atomic mass is 16.7. The van der Waals surface area contributed by atoms with E-state index in [4.69, 9.17) is 14.6 Å². The molecule has 0 aromatic carbocycles. The van der Waals surface area contributed by atoms with Gasteiger partial charge in [-0.1, -0.05) is 6.92 Å². The molecule has 2 atom stereocenters. The Morgan fingerprint density at radius 1 is 1.64 bits per heavy atom. The number of ether oxygens (including phenoxy) is 2. The number of carboxylic acid groups (broad SMARTS) is 1. The Labute approximate surface area is 84.2 Å². The minimum absolute atomic E-state index is 0.0658. The summed E-state index contributed by atoms with van der Waals surface area (Å²) in [7, 11) is 0. The Morgan fingerprint density at radius 2 is 2.43 bits per heavy atom. The van der Waals surface area contributed by atoms with Gasteiger partial charge >= 0.3 is 5.97 Å². The fourth-order valence-corrected chi connectivity index (χ4v) is 1.52. The Balaban J connectivity index is 2.27. The van der Waals surface area contributed by atoms with Crippen molar-refractivity contribution in [3.8, 4) is 0 Å². The standard InChI is InChI=1S/C10H18O4/c1-2-8(7-9(11)12)14-10-5-3-4-6-13-10/h8,10H,2-7H2,1H3,(H,11,12)/t8-,10?/m0/s1. The minimum atomic E-state index is -0.812. The molecule has 0 amide bonds. The number of hydrogen-bond donors (Lipinski definition) is 1. The summed E-state index contributed by atoms with van der Waals surface area (Å²) < 4.78 is 10.9.